The lowest BCUT2D eigenvalue weighted by atomic mass is 10.1. The number of benzene rings is 2. The number of nitriles is 1. The second-order valence-electron chi connectivity index (χ2n) is 6.74. The highest BCUT2D eigenvalue weighted by Gasteiger charge is 2.16. The number of aryl methyl sites for hydroxylation is 1. The first-order chi connectivity index (χ1) is 14.7. The number of hydrogen-bond acceptors (Lipinski definition) is 3. The van der Waals surface area contributed by atoms with Crippen molar-refractivity contribution in [3.05, 3.63) is 86.7 Å². The van der Waals surface area contributed by atoms with Crippen molar-refractivity contribution >= 4 is 46.8 Å². The van der Waals surface area contributed by atoms with Crippen LogP contribution in [0.15, 0.2) is 54.1 Å². The van der Waals surface area contributed by atoms with E-state index in [1.54, 1.807) is 30.3 Å². The minimum Gasteiger partial charge on any atom is -0.478 e. The van der Waals surface area contributed by atoms with Gasteiger partial charge in [-0.2, -0.15) is 5.26 Å². The van der Waals surface area contributed by atoms with Crippen molar-refractivity contribution in [3.8, 4) is 11.8 Å². The molecule has 1 amide bonds. The van der Waals surface area contributed by atoms with Gasteiger partial charge >= 0.3 is 5.97 Å². The third kappa shape index (κ3) is 4.64. The molecule has 0 aliphatic carbocycles. The van der Waals surface area contributed by atoms with Gasteiger partial charge in [0.2, 0.25) is 0 Å². The standard InChI is InChI=1S/C23H17Cl2N3O3/c1-13-10-16(14(2)28(13)18-8-6-15(7-9-18)23(30)31)11-17(12-26)22(29)27-20-5-3-4-19(24)21(20)25/h3-11H,1-2H3,(H,27,29)(H,30,31)/b17-11-. The van der Waals surface area contributed by atoms with Crippen LogP contribution in [0, 0.1) is 25.2 Å². The first-order valence-electron chi connectivity index (χ1n) is 9.12. The van der Waals surface area contributed by atoms with Crippen molar-refractivity contribution in [1.82, 2.24) is 4.57 Å². The number of nitrogens with zero attached hydrogens (tertiary/aromatic N) is 2. The van der Waals surface area contributed by atoms with Crippen LogP contribution in [0.3, 0.4) is 0 Å². The zero-order valence-electron chi connectivity index (χ0n) is 16.6. The van der Waals surface area contributed by atoms with Gasteiger partial charge in [0, 0.05) is 17.1 Å². The number of nitrogens with one attached hydrogen (secondary N) is 1. The molecule has 31 heavy (non-hydrogen) atoms. The summed E-state index contributed by atoms with van der Waals surface area (Å²) in [5.74, 6) is -1.61. The molecule has 0 aliphatic heterocycles. The van der Waals surface area contributed by atoms with Gasteiger partial charge < -0.3 is 15.0 Å². The van der Waals surface area contributed by atoms with Crippen molar-refractivity contribution in [3.63, 3.8) is 0 Å². The van der Waals surface area contributed by atoms with Crippen molar-refractivity contribution in [2.75, 3.05) is 5.32 Å². The Morgan fingerprint density at radius 3 is 2.42 bits per heavy atom. The van der Waals surface area contributed by atoms with Crippen LogP contribution in [0.1, 0.15) is 27.3 Å². The molecule has 3 rings (SSSR count). The van der Waals surface area contributed by atoms with Crippen LogP contribution < -0.4 is 5.32 Å². The van der Waals surface area contributed by atoms with Gasteiger partial charge in [0.25, 0.3) is 5.91 Å². The quantitative estimate of drug-likeness (QED) is 0.385. The monoisotopic (exact) mass is 453 g/mol. The topological polar surface area (TPSA) is 95.1 Å². The molecule has 0 saturated heterocycles. The average molecular weight is 454 g/mol. The van der Waals surface area contributed by atoms with E-state index in [0.29, 0.717) is 16.3 Å². The van der Waals surface area contributed by atoms with Gasteiger partial charge in [-0.15, -0.1) is 0 Å². The van der Waals surface area contributed by atoms with Gasteiger partial charge in [0.1, 0.15) is 11.6 Å². The molecule has 0 bridgehead atoms. The summed E-state index contributed by atoms with van der Waals surface area (Å²) in [4.78, 5) is 23.7. The van der Waals surface area contributed by atoms with E-state index < -0.39 is 11.9 Å². The molecule has 1 heterocycles. The van der Waals surface area contributed by atoms with E-state index in [-0.39, 0.29) is 16.2 Å². The predicted octanol–water partition coefficient (Wildman–Crippen LogP) is 5.64. The Labute approximate surface area is 188 Å². The molecular weight excluding hydrogens is 437 g/mol. The number of amides is 1. The smallest absolute Gasteiger partial charge is 0.335 e. The largest absolute Gasteiger partial charge is 0.478 e. The van der Waals surface area contributed by atoms with E-state index in [1.165, 1.54) is 18.2 Å². The van der Waals surface area contributed by atoms with Gasteiger partial charge in [-0.05, 0) is 68.0 Å². The van der Waals surface area contributed by atoms with Gasteiger partial charge in [-0.25, -0.2) is 4.79 Å². The number of aromatic carboxylic acids is 1. The number of carbonyl (C=O) groups excluding carboxylic acids is 1. The molecule has 2 aromatic carbocycles. The first-order valence-corrected chi connectivity index (χ1v) is 9.88. The third-order valence-electron chi connectivity index (χ3n) is 4.71. The van der Waals surface area contributed by atoms with Crippen LogP contribution in [0.2, 0.25) is 10.0 Å². The first kappa shape index (κ1) is 22.2. The molecule has 0 unspecified atom stereocenters. The third-order valence-corrected chi connectivity index (χ3v) is 5.53. The maximum absolute atomic E-state index is 12.6. The average Bonchev–Trinajstić information content (AvgIpc) is 3.02. The van der Waals surface area contributed by atoms with E-state index in [0.717, 1.165) is 17.1 Å². The van der Waals surface area contributed by atoms with Crippen molar-refractivity contribution in [1.29, 1.82) is 5.26 Å². The molecule has 3 aromatic rings. The Morgan fingerprint density at radius 2 is 1.81 bits per heavy atom. The summed E-state index contributed by atoms with van der Waals surface area (Å²) in [6.45, 7) is 3.73. The van der Waals surface area contributed by atoms with Crippen LogP contribution in [0.4, 0.5) is 5.69 Å². The SMILES string of the molecule is Cc1cc(/C=C(/C#N)C(=O)Nc2cccc(Cl)c2Cl)c(C)n1-c1ccc(C(=O)O)cc1. The number of carboxylic acid groups (broad SMARTS) is 1. The fraction of sp³-hybridized carbons (Fsp3) is 0.0870. The number of rotatable bonds is 5. The Balaban J connectivity index is 1.94. The van der Waals surface area contributed by atoms with Crippen molar-refractivity contribution < 1.29 is 14.7 Å². The Bertz CT molecular complexity index is 1250. The van der Waals surface area contributed by atoms with Gasteiger partial charge in [-0.3, -0.25) is 4.79 Å². The lowest BCUT2D eigenvalue weighted by Gasteiger charge is -2.10. The highest BCUT2D eigenvalue weighted by atomic mass is 35.5. The van der Waals surface area contributed by atoms with Crippen molar-refractivity contribution in [2.24, 2.45) is 0 Å². The Hall–Kier alpha value is -3.53. The summed E-state index contributed by atoms with van der Waals surface area (Å²) in [6, 6.07) is 15.0. The van der Waals surface area contributed by atoms with Crippen LogP contribution in [-0.4, -0.2) is 21.6 Å². The fourth-order valence-corrected chi connectivity index (χ4v) is 3.53. The molecule has 1 aromatic heterocycles. The van der Waals surface area contributed by atoms with E-state index in [9.17, 15) is 14.9 Å². The maximum atomic E-state index is 12.6. The number of halogens is 2. The molecule has 6 nitrogen and oxygen atoms in total. The number of carbonyl (C=O) groups is 2. The van der Waals surface area contributed by atoms with Crippen molar-refractivity contribution in [2.45, 2.75) is 13.8 Å². The second-order valence-corrected chi connectivity index (χ2v) is 7.52. The number of hydrogen-bond donors (Lipinski definition) is 2. The van der Waals surface area contributed by atoms with Crippen LogP contribution >= 0.6 is 23.2 Å². The summed E-state index contributed by atoms with van der Waals surface area (Å²) in [5, 5.41) is 21.7. The predicted molar refractivity (Wildman–Crippen MR) is 121 cm³/mol. The van der Waals surface area contributed by atoms with Crippen LogP contribution in [-0.2, 0) is 4.79 Å². The molecular formula is C23H17Cl2N3O3. The summed E-state index contributed by atoms with van der Waals surface area (Å²) >= 11 is 12.1. The number of anilines is 1. The summed E-state index contributed by atoms with van der Waals surface area (Å²) in [5.41, 5.74) is 3.51. The highest BCUT2D eigenvalue weighted by Crippen LogP contribution is 2.30. The summed E-state index contributed by atoms with van der Waals surface area (Å²) < 4.78 is 1.91. The summed E-state index contributed by atoms with van der Waals surface area (Å²) in [6.07, 6.45) is 1.50. The zero-order valence-corrected chi connectivity index (χ0v) is 18.1. The zero-order chi connectivity index (χ0) is 22.7. The van der Waals surface area contributed by atoms with E-state index in [2.05, 4.69) is 5.32 Å². The number of aromatic nitrogens is 1. The second kappa shape index (κ2) is 9.09. The molecule has 156 valence electrons. The van der Waals surface area contributed by atoms with Crippen LogP contribution in [0.5, 0.6) is 0 Å². The Kier molecular flexibility index (Phi) is 6.50. The molecule has 8 heteroatoms. The molecule has 0 atom stereocenters. The minimum atomic E-state index is -0.999. The lowest BCUT2D eigenvalue weighted by Crippen LogP contribution is -2.13. The molecule has 0 fully saturated rings. The minimum absolute atomic E-state index is 0.0995. The van der Waals surface area contributed by atoms with E-state index in [1.807, 2.05) is 30.6 Å². The Morgan fingerprint density at radius 1 is 1.13 bits per heavy atom. The molecule has 2 N–H and O–H groups in total. The van der Waals surface area contributed by atoms with E-state index in [4.69, 9.17) is 28.3 Å². The summed E-state index contributed by atoms with van der Waals surface area (Å²) in [7, 11) is 0. The fourth-order valence-electron chi connectivity index (χ4n) is 3.18. The number of carboxylic acids is 1. The van der Waals surface area contributed by atoms with Gasteiger partial charge in [-0.1, -0.05) is 29.3 Å². The van der Waals surface area contributed by atoms with E-state index >= 15 is 0 Å². The molecule has 0 radical (unpaired) electrons. The molecule has 0 saturated carbocycles. The highest BCUT2D eigenvalue weighted by molar-refractivity contribution is 6.44. The van der Waals surface area contributed by atoms with Crippen LogP contribution in [0.25, 0.3) is 11.8 Å². The maximum Gasteiger partial charge on any atom is 0.335 e. The van der Waals surface area contributed by atoms with Gasteiger partial charge in [0.05, 0.1) is 21.3 Å². The lowest BCUT2D eigenvalue weighted by molar-refractivity contribution is -0.112. The molecule has 0 spiro atoms. The molecule has 0 aliphatic rings. The van der Waals surface area contributed by atoms with Gasteiger partial charge in [0.15, 0.2) is 0 Å². The normalized spacial score (nSPS) is 11.1.